The second kappa shape index (κ2) is 5.90. The van der Waals surface area contributed by atoms with E-state index in [1.165, 1.54) is 19.2 Å². The number of carbonyl (C=O) groups is 1. The van der Waals surface area contributed by atoms with Gasteiger partial charge in [0.1, 0.15) is 14.2 Å². The molecule has 108 valence electrons. The van der Waals surface area contributed by atoms with Crippen LogP contribution in [0.15, 0.2) is 22.4 Å². The van der Waals surface area contributed by atoms with Crippen molar-refractivity contribution in [3.63, 3.8) is 0 Å². The Morgan fingerprint density at radius 3 is 2.65 bits per heavy atom. The highest BCUT2D eigenvalue weighted by atomic mass is 35.5. The monoisotopic (exact) mass is 371 g/mol. The molecule has 0 saturated carbocycles. The summed E-state index contributed by atoms with van der Waals surface area (Å²) in [4.78, 5) is 11.4. The number of hydrogen-bond donors (Lipinski definition) is 1. The first kappa shape index (κ1) is 15.6. The number of hydrogen-bond acceptors (Lipinski definition) is 6. The number of nitrogens with one attached hydrogen (secondary N) is 1. The fourth-order valence-corrected chi connectivity index (χ4v) is 5.60. The third-order valence-corrected chi connectivity index (χ3v) is 6.27. The van der Waals surface area contributed by atoms with Crippen LogP contribution in [0.3, 0.4) is 0 Å². The molecule has 0 bridgehead atoms. The Morgan fingerprint density at radius 1 is 1.40 bits per heavy atom. The Morgan fingerprint density at radius 2 is 2.10 bits per heavy atom. The molecule has 0 aliphatic carbocycles. The van der Waals surface area contributed by atoms with E-state index in [1.54, 1.807) is 5.38 Å². The molecule has 0 spiro atoms. The molecule has 0 saturated heterocycles. The number of sulfonamides is 1. The van der Waals surface area contributed by atoms with Crippen LogP contribution in [0.4, 0.5) is 5.00 Å². The number of halogens is 2. The number of carbonyl (C=O) groups excluding carboxylic acids is 1. The maximum absolute atomic E-state index is 12.2. The summed E-state index contributed by atoms with van der Waals surface area (Å²) in [5, 5.41) is 1.74. The summed E-state index contributed by atoms with van der Waals surface area (Å²) < 4.78 is 31.6. The van der Waals surface area contributed by atoms with Gasteiger partial charge < -0.3 is 4.74 Å². The van der Waals surface area contributed by atoms with Gasteiger partial charge in [-0.25, -0.2) is 13.2 Å². The van der Waals surface area contributed by atoms with Crippen LogP contribution in [0.1, 0.15) is 10.4 Å². The van der Waals surface area contributed by atoms with Gasteiger partial charge in [0.25, 0.3) is 10.0 Å². The quantitative estimate of drug-likeness (QED) is 0.831. The number of anilines is 1. The molecule has 2 heterocycles. The zero-order valence-electron chi connectivity index (χ0n) is 9.85. The molecule has 0 aliphatic rings. The molecule has 0 aromatic carbocycles. The van der Waals surface area contributed by atoms with Crippen molar-refractivity contribution in [2.24, 2.45) is 0 Å². The van der Waals surface area contributed by atoms with E-state index in [2.05, 4.69) is 9.46 Å². The van der Waals surface area contributed by atoms with Crippen LogP contribution in [0.2, 0.25) is 8.67 Å². The van der Waals surface area contributed by atoms with Gasteiger partial charge in [0.05, 0.1) is 17.0 Å². The molecule has 0 aliphatic heterocycles. The zero-order valence-corrected chi connectivity index (χ0v) is 13.8. The van der Waals surface area contributed by atoms with Crippen LogP contribution in [0.25, 0.3) is 0 Å². The number of esters is 1. The Labute approximate surface area is 133 Å². The van der Waals surface area contributed by atoms with Crippen molar-refractivity contribution >= 4 is 66.9 Å². The number of thiophene rings is 2. The first-order chi connectivity index (χ1) is 9.35. The lowest BCUT2D eigenvalue weighted by atomic mass is 10.3. The minimum atomic E-state index is -3.91. The smallest absolute Gasteiger partial charge is 0.340 e. The van der Waals surface area contributed by atoms with Crippen LogP contribution >= 0.6 is 45.9 Å². The summed E-state index contributed by atoms with van der Waals surface area (Å²) in [6.45, 7) is 0. The van der Waals surface area contributed by atoms with E-state index >= 15 is 0 Å². The van der Waals surface area contributed by atoms with Gasteiger partial charge in [-0.2, -0.15) is 0 Å². The molecule has 0 radical (unpaired) electrons. The highest BCUT2D eigenvalue weighted by Gasteiger charge is 2.24. The van der Waals surface area contributed by atoms with Gasteiger partial charge in [-0.05, 0) is 17.5 Å². The molecule has 0 unspecified atom stereocenters. The average molecular weight is 372 g/mol. The van der Waals surface area contributed by atoms with Gasteiger partial charge in [-0.3, -0.25) is 4.72 Å². The van der Waals surface area contributed by atoms with Crippen molar-refractivity contribution in [2.75, 3.05) is 11.8 Å². The highest BCUT2D eigenvalue weighted by Crippen LogP contribution is 2.36. The van der Waals surface area contributed by atoms with E-state index in [-0.39, 0.29) is 24.1 Å². The van der Waals surface area contributed by atoms with Gasteiger partial charge in [0.2, 0.25) is 0 Å². The van der Waals surface area contributed by atoms with Crippen molar-refractivity contribution in [3.05, 3.63) is 31.7 Å². The minimum Gasteiger partial charge on any atom is -0.465 e. The maximum atomic E-state index is 12.2. The van der Waals surface area contributed by atoms with E-state index in [0.29, 0.717) is 0 Å². The van der Waals surface area contributed by atoms with Gasteiger partial charge in [0, 0.05) is 0 Å². The van der Waals surface area contributed by atoms with Gasteiger partial charge in [0.15, 0.2) is 0 Å². The van der Waals surface area contributed by atoms with Crippen molar-refractivity contribution in [1.29, 1.82) is 0 Å². The molecule has 2 aromatic heterocycles. The molecule has 2 aromatic rings. The molecule has 1 N–H and O–H groups in total. The molecule has 20 heavy (non-hydrogen) atoms. The van der Waals surface area contributed by atoms with Crippen LogP contribution in [0.5, 0.6) is 0 Å². The minimum absolute atomic E-state index is 0.0543. The van der Waals surface area contributed by atoms with Gasteiger partial charge in [-0.1, -0.05) is 23.2 Å². The molecule has 0 fully saturated rings. The number of ether oxygens (including phenoxy) is 1. The Hall–Kier alpha value is -0.800. The predicted molar refractivity (Wildman–Crippen MR) is 80.8 cm³/mol. The summed E-state index contributed by atoms with van der Waals surface area (Å²) in [7, 11) is -2.69. The van der Waals surface area contributed by atoms with Crippen LogP contribution in [-0.2, 0) is 14.8 Å². The normalized spacial score (nSPS) is 11.3. The fourth-order valence-electron chi connectivity index (χ4n) is 1.34. The second-order valence-electron chi connectivity index (χ2n) is 3.45. The molecule has 2 rings (SSSR count). The molecule has 0 atom stereocenters. The summed E-state index contributed by atoms with van der Waals surface area (Å²) in [6, 6.07) is 2.72. The lowest BCUT2D eigenvalue weighted by molar-refractivity contribution is 0.0602. The fraction of sp³-hybridized carbons (Fsp3) is 0.100. The number of rotatable bonds is 4. The summed E-state index contributed by atoms with van der Waals surface area (Å²) >= 11 is 13.6. The Bertz CT molecular complexity index is 750. The molecule has 10 heteroatoms. The summed E-state index contributed by atoms with van der Waals surface area (Å²) in [6.07, 6.45) is 0. The highest BCUT2D eigenvalue weighted by molar-refractivity contribution is 7.93. The third-order valence-electron chi connectivity index (χ3n) is 2.21. The van der Waals surface area contributed by atoms with Crippen LogP contribution in [0, 0.1) is 0 Å². The van der Waals surface area contributed by atoms with Gasteiger partial charge in [-0.15, -0.1) is 22.7 Å². The standard InChI is InChI=1S/C10H7Cl2NO4S3/c1-17-10(14)5-2-3-18-9(5)13-20(15,16)6-4-7(11)19-8(6)12/h2-4,13H,1H3. The molecular weight excluding hydrogens is 365 g/mol. The van der Waals surface area contributed by atoms with Crippen molar-refractivity contribution < 1.29 is 17.9 Å². The van der Waals surface area contributed by atoms with Gasteiger partial charge >= 0.3 is 5.97 Å². The number of methoxy groups -OCH3 is 1. The van der Waals surface area contributed by atoms with Crippen LogP contribution in [-0.4, -0.2) is 21.5 Å². The van der Waals surface area contributed by atoms with E-state index < -0.39 is 16.0 Å². The Balaban J connectivity index is 2.37. The van der Waals surface area contributed by atoms with E-state index in [9.17, 15) is 13.2 Å². The topological polar surface area (TPSA) is 72.5 Å². The summed E-state index contributed by atoms with van der Waals surface area (Å²) in [5.41, 5.74) is 0.138. The summed E-state index contributed by atoms with van der Waals surface area (Å²) in [5.74, 6) is -0.626. The molecular formula is C10H7Cl2NO4S3. The van der Waals surface area contributed by atoms with Crippen molar-refractivity contribution in [1.82, 2.24) is 0 Å². The van der Waals surface area contributed by atoms with E-state index in [1.807, 2.05) is 0 Å². The first-order valence-electron chi connectivity index (χ1n) is 4.98. The van der Waals surface area contributed by atoms with Crippen molar-refractivity contribution in [3.8, 4) is 0 Å². The SMILES string of the molecule is COC(=O)c1ccsc1NS(=O)(=O)c1cc(Cl)sc1Cl. The molecule has 0 amide bonds. The largest absolute Gasteiger partial charge is 0.465 e. The third kappa shape index (κ3) is 3.09. The predicted octanol–water partition coefficient (Wildman–Crippen LogP) is 3.70. The van der Waals surface area contributed by atoms with Crippen LogP contribution < -0.4 is 4.72 Å². The van der Waals surface area contributed by atoms with Crippen molar-refractivity contribution in [2.45, 2.75) is 4.90 Å². The first-order valence-corrected chi connectivity index (χ1v) is 8.92. The maximum Gasteiger partial charge on any atom is 0.340 e. The van der Waals surface area contributed by atoms with E-state index in [4.69, 9.17) is 23.2 Å². The van der Waals surface area contributed by atoms with E-state index in [0.717, 1.165) is 22.7 Å². The second-order valence-corrected chi connectivity index (χ2v) is 8.30. The molecule has 5 nitrogen and oxygen atoms in total. The lowest BCUT2D eigenvalue weighted by Crippen LogP contribution is -2.14. The Kier molecular flexibility index (Phi) is 4.60. The lowest BCUT2D eigenvalue weighted by Gasteiger charge is -2.06. The zero-order chi connectivity index (χ0) is 14.9. The average Bonchev–Trinajstić information content (AvgIpc) is 2.94.